The molecule has 0 unspecified atom stereocenters. The zero-order valence-electron chi connectivity index (χ0n) is 15.7. The number of oxazole rings is 1. The van der Waals surface area contributed by atoms with Crippen molar-refractivity contribution in [3.8, 4) is 11.1 Å². The number of aromatic nitrogens is 4. The molecule has 0 spiro atoms. The maximum atomic E-state index is 13.7. The molecule has 3 heterocycles. The molecule has 2 N–H and O–H groups in total. The Hall–Kier alpha value is -3.89. The van der Waals surface area contributed by atoms with Gasteiger partial charge >= 0.3 is 12.2 Å². The second-order valence-electron chi connectivity index (χ2n) is 6.51. The Morgan fingerprint density at radius 3 is 2.50 bits per heavy atom. The van der Waals surface area contributed by atoms with Crippen LogP contribution in [-0.4, -0.2) is 25.5 Å². The van der Waals surface area contributed by atoms with Crippen molar-refractivity contribution in [3.05, 3.63) is 69.6 Å². The summed E-state index contributed by atoms with van der Waals surface area (Å²) in [7, 11) is 0. The minimum Gasteiger partial charge on any atom is -0.429 e. The number of nitrogens with zero attached hydrogens (tertiary/aromatic N) is 3. The lowest BCUT2D eigenvalue weighted by Gasteiger charge is -2.08. The first-order valence-corrected chi connectivity index (χ1v) is 8.69. The maximum Gasteiger partial charge on any atom is 0.435 e. The van der Waals surface area contributed by atoms with Gasteiger partial charge in [-0.25, -0.2) is 4.98 Å². The second-order valence-corrected chi connectivity index (χ2v) is 6.51. The Morgan fingerprint density at radius 1 is 1.20 bits per heavy atom. The van der Waals surface area contributed by atoms with Crippen LogP contribution in [0, 0.1) is 13.8 Å². The van der Waals surface area contributed by atoms with E-state index in [1.165, 1.54) is 25.3 Å². The molecule has 0 bridgehead atoms. The van der Waals surface area contributed by atoms with Gasteiger partial charge in [-0.3, -0.25) is 14.9 Å². The van der Waals surface area contributed by atoms with Gasteiger partial charge < -0.3 is 9.40 Å². The average Bonchev–Trinajstić information content (AvgIpc) is 3.26. The lowest BCUT2D eigenvalue weighted by atomic mass is 10.1. The monoisotopic (exact) mass is 417 g/mol. The summed E-state index contributed by atoms with van der Waals surface area (Å²) in [5, 5.41) is 5.79. The summed E-state index contributed by atoms with van der Waals surface area (Å²) in [5.41, 5.74) is -2.80. The van der Waals surface area contributed by atoms with Gasteiger partial charge in [0.15, 0.2) is 5.69 Å². The molecule has 0 aliphatic carbocycles. The number of hydrogen-bond acceptors (Lipinski definition) is 5. The van der Waals surface area contributed by atoms with Crippen LogP contribution >= 0.6 is 0 Å². The van der Waals surface area contributed by atoms with Gasteiger partial charge in [0.2, 0.25) is 0 Å². The summed E-state index contributed by atoms with van der Waals surface area (Å²) in [4.78, 5) is 32.0. The zero-order valence-corrected chi connectivity index (χ0v) is 15.7. The summed E-state index contributed by atoms with van der Waals surface area (Å²) in [6.07, 6.45) is -3.45. The number of carbonyl (C=O) groups excluding carboxylic acids is 1. The van der Waals surface area contributed by atoms with Crippen molar-refractivity contribution in [2.75, 3.05) is 5.32 Å². The van der Waals surface area contributed by atoms with Gasteiger partial charge in [0.05, 0.1) is 11.8 Å². The number of halogens is 3. The van der Waals surface area contributed by atoms with Crippen LogP contribution in [0.2, 0.25) is 0 Å². The van der Waals surface area contributed by atoms with Crippen molar-refractivity contribution in [3.63, 3.8) is 0 Å². The number of aromatic amines is 1. The van der Waals surface area contributed by atoms with E-state index in [4.69, 9.17) is 4.42 Å². The van der Waals surface area contributed by atoms with E-state index in [-0.39, 0.29) is 28.5 Å². The van der Waals surface area contributed by atoms with Crippen LogP contribution < -0.4 is 10.9 Å². The lowest BCUT2D eigenvalue weighted by Crippen LogP contribution is -2.29. The molecule has 0 aliphatic heterocycles. The summed E-state index contributed by atoms with van der Waals surface area (Å²) in [5.74, 6) is -0.455. The first-order chi connectivity index (χ1) is 14.2. The average molecular weight is 417 g/mol. The van der Waals surface area contributed by atoms with Crippen molar-refractivity contribution >= 4 is 17.6 Å². The molecule has 30 heavy (non-hydrogen) atoms. The number of benzene rings is 1. The Labute approximate surface area is 166 Å². The minimum atomic E-state index is -4.82. The molecule has 1 amide bonds. The number of anilines is 1. The Kier molecular flexibility index (Phi) is 4.45. The van der Waals surface area contributed by atoms with Crippen LogP contribution in [-0.2, 0) is 6.18 Å². The van der Waals surface area contributed by atoms with E-state index in [9.17, 15) is 22.8 Å². The van der Waals surface area contributed by atoms with E-state index in [1.807, 2.05) is 0 Å². The van der Waals surface area contributed by atoms with Crippen molar-refractivity contribution in [1.29, 1.82) is 0 Å². The highest BCUT2D eigenvalue weighted by Crippen LogP contribution is 2.38. The molecule has 0 atom stereocenters. The summed E-state index contributed by atoms with van der Waals surface area (Å²) < 4.78 is 46.7. The van der Waals surface area contributed by atoms with Gasteiger partial charge in [-0.2, -0.15) is 22.8 Å². The fourth-order valence-electron chi connectivity index (χ4n) is 3.10. The van der Waals surface area contributed by atoms with Crippen molar-refractivity contribution in [2.45, 2.75) is 20.0 Å². The van der Waals surface area contributed by atoms with Crippen LogP contribution in [0.5, 0.6) is 0 Å². The van der Waals surface area contributed by atoms with E-state index in [0.29, 0.717) is 10.3 Å². The highest BCUT2D eigenvalue weighted by atomic mass is 19.4. The Balaban J connectivity index is 1.93. The molecule has 0 fully saturated rings. The Bertz CT molecular complexity index is 1320. The molecule has 8 nitrogen and oxygen atoms in total. The van der Waals surface area contributed by atoms with Crippen molar-refractivity contribution in [1.82, 2.24) is 19.6 Å². The van der Waals surface area contributed by atoms with Crippen LogP contribution in [0.4, 0.5) is 19.2 Å². The molecule has 0 aliphatic rings. The number of carbonyl (C=O) groups is 1. The topological polar surface area (TPSA) is 105 Å². The third-order valence-corrected chi connectivity index (χ3v) is 4.37. The van der Waals surface area contributed by atoms with E-state index in [1.54, 1.807) is 25.1 Å². The number of nitrogens with one attached hydrogen (secondary N) is 2. The molecule has 4 rings (SSSR count). The van der Waals surface area contributed by atoms with Crippen LogP contribution in [0.25, 0.3) is 16.8 Å². The first-order valence-electron chi connectivity index (χ1n) is 8.69. The van der Waals surface area contributed by atoms with Gasteiger partial charge in [0.25, 0.3) is 11.5 Å². The minimum absolute atomic E-state index is 0.0686. The van der Waals surface area contributed by atoms with Gasteiger partial charge in [-0.1, -0.05) is 30.3 Å². The maximum absolute atomic E-state index is 13.7. The van der Waals surface area contributed by atoms with E-state index < -0.39 is 28.9 Å². The molecule has 4 aromatic rings. The largest absolute Gasteiger partial charge is 0.435 e. The van der Waals surface area contributed by atoms with E-state index in [2.05, 4.69) is 20.4 Å². The molecular formula is C19H14F3N5O3. The fraction of sp³-hybridized carbons (Fsp3) is 0.158. The van der Waals surface area contributed by atoms with Gasteiger partial charge in [0.1, 0.15) is 17.0 Å². The zero-order chi connectivity index (χ0) is 21.6. The molecule has 0 saturated heterocycles. The third kappa shape index (κ3) is 3.23. The highest BCUT2D eigenvalue weighted by Gasteiger charge is 2.39. The quantitative estimate of drug-likeness (QED) is 0.530. The number of aryl methyl sites for hydroxylation is 2. The molecule has 3 aromatic heterocycles. The summed E-state index contributed by atoms with van der Waals surface area (Å²) in [6.45, 7) is 3.02. The summed E-state index contributed by atoms with van der Waals surface area (Å²) >= 11 is 0. The number of rotatable bonds is 3. The molecule has 0 saturated carbocycles. The normalized spacial score (nSPS) is 11.8. The van der Waals surface area contributed by atoms with Gasteiger partial charge in [0, 0.05) is 5.69 Å². The third-order valence-electron chi connectivity index (χ3n) is 4.37. The van der Waals surface area contributed by atoms with Crippen LogP contribution in [0.1, 0.15) is 27.5 Å². The molecule has 0 radical (unpaired) electrons. The van der Waals surface area contributed by atoms with Crippen molar-refractivity contribution < 1.29 is 22.4 Å². The standard InChI is InChI=1S/C19H14F3N5O3/c1-9-8-23-18(30-9)25-16(28)12-10(2)24-15-13(11-6-4-3-5-7-11)14(19(20,21)22)26-27(15)17(12)29/h3-8,24H,1-2H3,(H,23,25,28). The van der Waals surface area contributed by atoms with E-state index >= 15 is 0 Å². The van der Waals surface area contributed by atoms with Crippen molar-refractivity contribution in [2.24, 2.45) is 0 Å². The first kappa shape index (κ1) is 19.4. The molecule has 1 aromatic carbocycles. The smallest absolute Gasteiger partial charge is 0.429 e. The predicted molar refractivity (Wildman–Crippen MR) is 100 cm³/mol. The van der Waals surface area contributed by atoms with E-state index in [0.717, 1.165) is 0 Å². The van der Waals surface area contributed by atoms with Gasteiger partial charge in [-0.05, 0) is 19.4 Å². The Morgan fingerprint density at radius 2 is 1.90 bits per heavy atom. The van der Waals surface area contributed by atoms with Crippen LogP contribution in [0.3, 0.4) is 0 Å². The second kappa shape index (κ2) is 6.87. The highest BCUT2D eigenvalue weighted by molar-refractivity contribution is 6.04. The van der Waals surface area contributed by atoms with Gasteiger partial charge in [-0.15, -0.1) is 0 Å². The molecule has 11 heteroatoms. The number of fused-ring (bicyclic) bond motifs is 1. The number of alkyl halides is 3. The number of hydrogen-bond donors (Lipinski definition) is 2. The number of H-pyrrole nitrogens is 1. The molecule has 154 valence electrons. The predicted octanol–water partition coefficient (Wildman–Crippen LogP) is 3.57. The number of amides is 1. The fourth-order valence-corrected chi connectivity index (χ4v) is 3.10. The lowest BCUT2D eigenvalue weighted by molar-refractivity contribution is -0.140. The molecular weight excluding hydrogens is 403 g/mol. The van der Waals surface area contributed by atoms with Crippen LogP contribution in [0.15, 0.2) is 45.7 Å². The SMILES string of the molecule is Cc1cnc(NC(=O)c2c(C)[nH]c3c(-c4ccccc4)c(C(F)(F)F)nn3c2=O)o1. The summed E-state index contributed by atoms with van der Waals surface area (Å²) in [6, 6.07) is 7.62.